The molecule has 0 heterocycles. The highest BCUT2D eigenvalue weighted by molar-refractivity contribution is 6.60. The first-order valence-corrected chi connectivity index (χ1v) is 11.6. The predicted octanol–water partition coefficient (Wildman–Crippen LogP) is 4.40. The van der Waals surface area contributed by atoms with E-state index in [2.05, 4.69) is 24.3 Å². The van der Waals surface area contributed by atoms with E-state index < -0.39 is 8.80 Å². The molecule has 26 heavy (non-hydrogen) atoms. The summed E-state index contributed by atoms with van der Waals surface area (Å²) in [6.45, 7) is 3.46. The second-order valence-corrected chi connectivity index (χ2v) is 9.84. The standard InChI is InChI=1S/C20H34O5Si/c1-5-24-19-11-7-17(8-12-19)18-9-13-20(14-10-18)25-15-6-16-26(21-2,22-3)23-4/h7-8,11-12,18,20H,5-6,9-10,13-16H2,1-4H3/t18-,20-. The van der Waals surface area contributed by atoms with E-state index in [9.17, 15) is 0 Å². The van der Waals surface area contributed by atoms with Gasteiger partial charge in [-0.2, -0.15) is 0 Å². The molecule has 0 N–H and O–H groups in total. The molecule has 1 aliphatic carbocycles. The summed E-state index contributed by atoms with van der Waals surface area (Å²) in [7, 11) is 2.50. The van der Waals surface area contributed by atoms with Gasteiger partial charge in [-0.1, -0.05) is 12.1 Å². The first-order chi connectivity index (χ1) is 12.7. The third-order valence-electron chi connectivity index (χ3n) is 5.25. The van der Waals surface area contributed by atoms with E-state index in [1.54, 1.807) is 21.3 Å². The molecule has 0 unspecified atom stereocenters. The van der Waals surface area contributed by atoms with Crippen LogP contribution in [0.4, 0.5) is 0 Å². The summed E-state index contributed by atoms with van der Waals surface area (Å²) in [5.41, 5.74) is 1.42. The Morgan fingerprint density at radius 3 is 2.08 bits per heavy atom. The van der Waals surface area contributed by atoms with Gasteiger partial charge in [-0.3, -0.25) is 0 Å². The molecule has 0 bridgehead atoms. The van der Waals surface area contributed by atoms with Gasteiger partial charge in [0.15, 0.2) is 0 Å². The molecular formula is C20H34O5Si. The summed E-state index contributed by atoms with van der Waals surface area (Å²) < 4.78 is 27.9. The van der Waals surface area contributed by atoms with Crippen LogP contribution in [0.2, 0.25) is 6.04 Å². The minimum atomic E-state index is -2.46. The summed E-state index contributed by atoms with van der Waals surface area (Å²) >= 11 is 0. The normalized spacial score (nSPS) is 20.9. The van der Waals surface area contributed by atoms with Crippen molar-refractivity contribution >= 4 is 8.80 Å². The lowest BCUT2D eigenvalue weighted by atomic mass is 9.83. The molecule has 0 atom stereocenters. The van der Waals surface area contributed by atoms with Crippen LogP contribution in [0, 0.1) is 0 Å². The maximum Gasteiger partial charge on any atom is 0.500 e. The third kappa shape index (κ3) is 6.06. The number of benzene rings is 1. The fourth-order valence-corrected chi connectivity index (χ4v) is 5.35. The molecule has 1 fully saturated rings. The third-order valence-corrected chi connectivity index (χ3v) is 8.08. The number of hydrogen-bond donors (Lipinski definition) is 0. The molecule has 0 radical (unpaired) electrons. The van der Waals surface area contributed by atoms with Crippen LogP contribution < -0.4 is 4.74 Å². The van der Waals surface area contributed by atoms with Crippen molar-refractivity contribution in [2.24, 2.45) is 0 Å². The van der Waals surface area contributed by atoms with E-state index in [4.69, 9.17) is 22.8 Å². The van der Waals surface area contributed by atoms with Crippen molar-refractivity contribution in [3.05, 3.63) is 29.8 Å². The van der Waals surface area contributed by atoms with Crippen molar-refractivity contribution in [2.45, 2.75) is 57.1 Å². The van der Waals surface area contributed by atoms with E-state index >= 15 is 0 Å². The van der Waals surface area contributed by atoms with Crippen LogP contribution in [0.1, 0.15) is 50.5 Å². The van der Waals surface area contributed by atoms with Crippen molar-refractivity contribution in [3.63, 3.8) is 0 Å². The van der Waals surface area contributed by atoms with Gasteiger partial charge in [0.1, 0.15) is 5.75 Å². The highest BCUT2D eigenvalue weighted by Gasteiger charge is 2.37. The van der Waals surface area contributed by atoms with Crippen molar-refractivity contribution < 1.29 is 22.8 Å². The molecular weight excluding hydrogens is 348 g/mol. The van der Waals surface area contributed by atoms with Crippen LogP contribution in [0.5, 0.6) is 5.75 Å². The number of rotatable bonds is 11. The van der Waals surface area contributed by atoms with E-state index in [1.807, 2.05) is 6.92 Å². The minimum absolute atomic E-state index is 0.373. The van der Waals surface area contributed by atoms with Gasteiger partial charge < -0.3 is 22.8 Å². The zero-order chi connectivity index (χ0) is 18.8. The van der Waals surface area contributed by atoms with Gasteiger partial charge in [0, 0.05) is 34.0 Å². The Hall–Kier alpha value is -0.923. The first kappa shape index (κ1) is 21.4. The molecule has 1 aromatic rings. The highest BCUT2D eigenvalue weighted by Crippen LogP contribution is 2.34. The fourth-order valence-electron chi connectivity index (χ4n) is 3.66. The smallest absolute Gasteiger partial charge is 0.494 e. The minimum Gasteiger partial charge on any atom is -0.494 e. The highest BCUT2D eigenvalue weighted by atomic mass is 28.4. The quantitative estimate of drug-likeness (QED) is 0.419. The summed E-state index contributed by atoms with van der Waals surface area (Å²) in [6.07, 6.45) is 5.90. The first-order valence-electron chi connectivity index (χ1n) is 9.66. The Balaban J connectivity index is 1.68. The maximum absolute atomic E-state index is 6.08. The van der Waals surface area contributed by atoms with Crippen LogP contribution in [0.3, 0.4) is 0 Å². The van der Waals surface area contributed by atoms with Crippen LogP contribution in [0.25, 0.3) is 0 Å². The topological polar surface area (TPSA) is 46.2 Å². The molecule has 1 aliphatic rings. The molecule has 2 rings (SSSR count). The van der Waals surface area contributed by atoms with Gasteiger partial charge in [0.05, 0.1) is 12.7 Å². The van der Waals surface area contributed by atoms with Crippen molar-refractivity contribution in [1.82, 2.24) is 0 Å². The summed E-state index contributed by atoms with van der Waals surface area (Å²) in [5, 5.41) is 0. The maximum atomic E-state index is 6.08. The molecule has 1 aromatic carbocycles. The molecule has 6 heteroatoms. The monoisotopic (exact) mass is 382 g/mol. The average molecular weight is 383 g/mol. The predicted molar refractivity (Wildman–Crippen MR) is 105 cm³/mol. The lowest BCUT2D eigenvalue weighted by Crippen LogP contribution is -2.42. The molecule has 0 spiro atoms. The zero-order valence-electron chi connectivity index (χ0n) is 16.7. The van der Waals surface area contributed by atoms with Crippen LogP contribution in [-0.2, 0) is 18.0 Å². The van der Waals surface area contributed by atoms with Gasteiger partial charge in [0.25, 0.3) is 0 Å². The Bertz CT molecular complexity index is 487. The molecule has 0 aliphatic heterocycles. The van der Waals surface area contributed by atoms with Gasteiger partial charge in [0.2, 0.25) is 0 Å². The van der Waals surface area contributed by atoms with E-state index in [0.29, 0.717) is 18.6 Å². The second kappa shape index (κ2) is 11.0. The SMILES string of the molecule is CCOc1ccc([C@H]2CC[C@H](OCCC[Si](OC)(OC)OC)CC2)cc1. The lowest BCUT2D eigenvalue weighted by Gasteiger charge is -2.29. The van der Waals surface area contributed by atoms with Crippen molar-refractivity contribution in [1.29, 1.82) is 0 Å². The van der Waals surface area contributed by atoms with Crippen LogP contribution in [0.15, 0.2) is 24.3 Å². The van der Waals surface area contributed by atoms with E-state index in [1.165, 1.54) is 18.4 Å². The Morgan fingerprint density at radius 1 is 0.923 bits per heavy atom. The van der Waals surface area contributed by atoms with Crippen molar-refractivity contribution in [2.75, 3.05) is 34.5 Å². The Labute approximate surface area is 159 Å². The van der Waals surface area contributed by atoms with Gasteiger partial charge in [-0.25, -0.2) is 0 Å². The molecule has 1 saturated carbocycles. The van der Waals surface area contributed by atoms with Gasteiger partial charge in [-0.15, -0.1) is 0 Å². The largest absolute Gasteiger partial charge is 0.500 e. The van der Waals surface area contributed by atoms with Crippen molar-refractivity contribution in [3.8, 4) is 5.75 Å². The molecule has 0 saturated heterocycles. The second-order valence-electron chi connectivity index (χ2n) is 6.75. The Kier molecular flexibility index (Phi) is 9.08. The van der Waals surface area contributed by atoms with Crippen LogP contribution in [-0.4, -0.2) is 49.5 Å². The molecule has 5 nitrogen and oxygen atoms in total. The van der Waals surface area contributed by atoms with Gasteiger partial charge >= 0.3 is 8.80 Å². The zero-order valence-corrected chi connectivity index (χ0v) is 17.7. The summed E-state index contributed by atoms with van der Waals surface area (Å²) in [6, 6.07) is 9.37. The number of ether oxygens (including phenoxy) is 2. The van der Waals surface area contributed by atoms with E-state index in [0.717, 1.165) is 37.7 Å². The van der Waals surface area contributed by atoms with Gasteiger partial charge in [-0.05, 0) is 62.6 Å². The molecule has 148 valence electrons. The summed E-state index contributed by atoms with van der Waals surface area (Å²) in [4.78, 5) is 0. The van der Waals surface area contributed by atoms with E-state index in [-0.39, 0.29) is 0 Å². The lowest BCUT2D eigenvalue weighted by molar-refractivity contribution is 0.0225. The fraction of sp³-hybridized carbons (Fsp3) is 0.700. The van der Waals surface area contributed by atoms with Crippen LogP contribution >= 0.6 is 0 Å². The Morgan fingerprint density at radius 2 is 1.54 bits per heavy atom. The summed E-state index contributed by atoms with van der Waals surface area (Å²) in [5.74, 6) is 1.59. The molecule has 0 aromatic heterocycles. The molecule has 0 amide bonds. The average Bonchev–Trinajstić information content (AvgIpc) is 2.70. The number of hydrogen-bond acceptors (Lipinski definition) is 5.